The van der Waals surface area contributed by atoms with Crippen LogP contribution in [-0.2, 0) is 0 Å². The number of hydrogen-bond acceptors (Lipinski definition) is 3. The number of halogens is 2. The zero-order valence-electron chi connectivity index (χ0n) is 10.4. The Hall–Kier alpha value is -1.10. The number of aliphatic imine (C=N–C) groups is 1. The highest BCUT2D eigenvalue weighted by molar-refractivity contribution is 8.14. The monoisotopic (exact) mass is 270 g/mol. The molecule has 0 saturated carbocycles. The molecule has 1 atom stereocenters. The molecule has 0 saturated heterocycles. The van der Waals surface area contributed by atoms with E-state index in [-0.39, 0.29) is 6.04 Å². The van der Waals surface area contributed by atoms with Gasteiger partial charge in [-0.25, -0.2) is 8.78 Å². The molecule has 2 rings (SSSR count). The third-order valence-corrected chi connectivity index (χ3v) is 3.74. The quantitative estimate of drug-likeness (QED) is 0.881. The van der Waals surface area contributed by atoms with Gasteiger partial charge in [0.25, 0.3) is 0 Å². The Balaban J connectivity index is 2.13. The topological polar surface area (TPSA) is 24.4 Å². The standard InChI is InChI=1S/C13H16F2N2S/c1-8(2)12-3-4-18-13(17-12)16-11-6-9(14)5-10(15)7-11/h5-8,12H,3-4H2,1-2H3,(H,16,17). The zero-order chi connectivity index (χ0) is 13.1. The lowest BCUT2D eigenvalue weighted by atomic mass is 10.0. The van der Waals surface area contributed by atoms with Crippen LogP contribution in [0.5, 0.6) is 0 Å². The average molecular weight is 270 g/mol. The van der Waals surface area contributed by atoms with E-state index >= 15 is 0 Å². The fraction of sp³-hybridized carbons (Fsp3) is 0.462. The number of anilines is 1. The summed E-state index contributed by atoms with van der Waals surface area (Å²) in [6, 6.07) is 3.68. The van der Waals surface area contributed by atoms with Crippen molar-refractivity contribution in [3.05, 3.63) is 29.8 Å². The summed E-state index contributed by atoms with van der Waals surface area (Å²) in [6.45, 7) is 4.26. The zero-order valence-corrected chi connectivity index (χ0v) is 11.2. The molecule has 0 radical (unpaired) electrons. The lowest BCUT2D eigenvalue weighted by Crippen LogP contribution is -2.23. The molecule has 0 spiro atoms. The van der Waals surface area contributed by atoms with Crippen LogP contribution in [0.15, 0.2) is 23.2 Å². The molecule has 98 valence electrons. The third kappa shape index (κ3) is 3.45. The van der Waals surface area contributed by atoms with Crippen LogP contribution in [-0.4, -0.2) is 17.0 Å². The molecule has 1 aromatic rings. The maximum absolute atomic E-state index is 13.1. The van der Waals surface area contributed by atoms with Crippen molar-refractivity contribution in [3.63, 3.8) is 0 Å². The van der Waals surface area contributed by atoms with Gasteiger partial charge in [-0.05, 0) is 24.5 Å². The normalized spacial score (nSPS) is 19.8. The van der Waals surface area contributed by atoms with E-state index in [4.69, 9.17) is 0 Å². The van der Waals surface area contributed by atoms with E-state index in [1.807, 2.05) is 0 Å². The number of amidine groups is 1. The second kappa shape index (κ2) is 5.69. The Morgan fingerprint density at radius 3 is 2.56 bits per heavy atom. The van der Waals surface area contributed by atoms with Crippen LogP contribution < -0.4 is 5.32 Å². The summed E-state index contributed by atoms with van der Waals surface area (Å²) in [7, 11) is 0. The van der Waals surface area contributed by atoms with Gasteiger partial charge in [-0.15, -0.1) is 0 Å². The molecular formula is C13H16F2N2S. The molecule has 1 unspecified atom stereocenters. The third-order valence-electron chi connectivity index (χ3n) is 2.82. The molecule has 2 nitrogen and oxygen atoms in total. The maximum Gasteiger partial charge on any atom is 0.161 e. The lowest BCUT2D eigenvalue weighted by Gasteiger charge is -2.23. The average Bonchev–Trinajstić information content (AvgIpc) is 2.27. The van der Waals surface area contributed by atoms with Crippen molar-refractivity contribution in [1.29, 1.82) is 0 Å². The fourth-order valence-electron chi connectivity index (χ4n) is 1.83. The number of rotatable bonds is 2. The molecular weight excluding hydrogens is 254 g/mol. The van der Waals surface area contributed by atoms with Gasteiger partial charge in [-0.2, -0.15) is 0 Å². The predicted octanol–water partition coefficient (Wildman–Crippen LogP) is 3.89. The molecule has 0 aromatic heterocycles. The minimum Gasteiger partial charge on any atom is -0.335 e. The van der Waals surface area contributed by atoms with Crippen LogP contribution in [0.3, 0.4) is 0 Å². The fourth-order valence-corrected chi connectivity index (χ4v) is 2.78. The summed E-state index contributed by atoms with van der Waals surface area (Å²) in [6.07, 6.45) is 1.05. The largest absolute Gasteiger partial charge is 0.335 e. The van der Waals surface area contributed by atoms with Crippen LogP contribution in [0, 0.1) is 17.6 Å². The summed E-state index contributed by atoms with van der Waals surface area (Å²) in [5.74, 6) is 0.289. The molecule has 1 aliphatic rings. The second-order valence-electron chi connectivity index (χ2n) is 4.67. The van der Waals surface area contributed by atoms with Gasteiger partial charge in [0.05, 0.1) is 6.04 Å². The van der Waals surface area contributed by atoms with Crippen molar-refractivity contribution < 1.29 is 8.78 Å². The SMILES string of the molecule is CC(C)C1CCSC(Nc2cc(F)cc(F)c2)=N1. The Labute approximate surface area is 110 Å². The molecule has 0 fully saturated rings. The maximum atomic E-state index is 13.1. The first-order chi connectivity index (χ1) is 8.54. The van der Waals surface area contributed by atoms with Gasteiger partial charge in [0.15, 0.2) is 5.17 Å². The first kappa shape index (κ1) is 13.3. The van der Waals surface area contributed by atoms with Crippen molar-refractivity contribution in [2.24, 2.45) is 10.9 Å². The van der Waals surface area contributed by atoms with E-state index in [2.05, 4.69) is 24.2 Å². The van der Waals surface area contributed by atoms with Crippen molar-refractivity contribution in [2.45, 2.75) is 26.3 Å². The van der Waals surface area contributed by atoms with E-state index in [0.717, 1.165) is 23.4 Å². The summed E-state index contributed by atoms with van der Waals surface area (Å²) < 4.78 is 26.1. The first-order valence-corrected chi connectivity index (χ1v) is 6.97. The number of nitrogens with one attached hydrogen (secondary N) is 1. The molecule has 1 heterocycles. The van der Waals surface area contributed by atoms with Crippen LogP contribution in [0.2, 0.25) is 0 Å². The van der Waals surface area contributed by atoms with Gasteiger partial charge in [0.1, 0.15) is 11.6 Å². The van der Waals surface area contributed by atoms with Crippen molar-refractivity contribution >= 4 is 22.6 Å². The van der Waals surface area contributed by atoms with Gasteiger partial charge in [-0.3, -0.25) is 4.99 Å². The Kier molecular flexibility index (Phi) is 4.22. The van der Waals surface area contributed by atoms with Gasteiger partial charge < -0.3 is 5.32 Å². The Bertz CT molecular complexity index is 440. The number of thioether (sulfide) groups is 1. The molecule has 1 aromatic carbocycles. The van der Waals surface area contributed by atoms with Gasteiger partial charge >= 0.3 is 0 Å². The number of nitrogens with zero attached hydrogens (tertiary/aromatic N) is 1. The molecule has 0 bridgehead atoms. The molecule has 0 amide bonds. The molecule has 5 heteroatoms. The summed E-state index contributed by atoms with van der Waals surface area (Å²) in [5, 5.41) is 3.72. The Morgan fingerprint density at radius 2 is 1.94 bits per heavy atom. The molecule has 18 heavy (non-hydrogen) atoms. The Morgan fingerprint density at radius 1 is 1.28 bits per heavy atom. The molecule has 1 aliphatic heterocycles. The van der Waals surface area contributed by atoms with Crippen molar-refractivity contribution in [3.8, 4) is 0 Å². The number of benzene rings is 1. The second-order valence-corrected chi connectivity index (χ2v) is 5.75. The van der Waals surface area contributed by atoms with E-state index < -0.39 is 11.6 Å². The predicted molar refractivity (Wildman–Crippen MR) is 73.1 cm³/mol. The van der Waals surface area contributed by atoms with E-state index in [9.17, 15) is 8.78 Å². The minimum absolute atomic E-state index is 0.284. The van der Waals surface area contributed by atoms with Gasteiger partial charge in [-0.1, -0.05) is 25.6 Å². The molecule has 1 N–H and O–H groups in total. The summed E-state index contributed by atoms with van der Waals surface area (Å²) in [5.41, 5.74) is 0.406. The van der Waals surface area contributed by atoms with Gasteiger partial charge in [0.2, 0.25) is 0 Å². The van der Waals surface area contributed by atoms with Crippen LogP contribution >= 0.6 is 11.8 Å². The summed E-state index contributed by atoms with van der Waals surface area (Å²) >= 11 is 1.58. The van der Waals surface area contributed by atoms with Crippen LogP contribution in [0.25, 0.3) is 0 Å². The number of hydrogen-bond donors (Lipinski definition) is 1. The van der Waals surface area contributed by atoms with Crippen molar-refractivity contribution in [2.75, 3.05) is 11.1 Å². The van der Waals surface area contributed by atoms with Gasteiger partial charge in [0, 0.05) is 17.5 Å². The minimum atomic E-state index is -0.584. The van der Waals surface area contributed by atoms with E-state index in [1.165, 1.54) is 12.1 Å². The lowest BCUT2D eigenvalue weighted by molar-refractivity contribution is 0.485. The first-order valence-electron chi connectivity index (χ1n) is 5.98. The smallest absolute Gasteiger partial charge is 0.161 e. The van der Waals surface area contributed by atoms with Crippen LogP contribution in [0.4, 0.5) is 14.5 Å². The molecule has 0 aliphatic carbocycles. The summed E-state index contributed by atoms with van der Waals surface area (Å²) in [4.78, 5) is 4.56. The van der Waals surface area contributed by atoms with E-state index in [0.29, 0.717) is 11.6 Å². The van der Waals surface area contributed by atoms with Crippen molar-refractivity contribution in [1.82, 2.24) is 0 Å². The highest BCUT2D eigenvalue weighted by Gasteiger charge is 2.18. The van der Waals surface area contributed by atoms with Crippen LogP contribution in [0.1, 0.15) is 20.3 Å². The highest BCUT2D eigenvalue weighted by Crippen LogP contribution is 2.24. The highest BCUT2D eigenvalue weighted by atomic mass is 32.2. The van der Waals surface area contributed by atoms with E-state index in [1.54, 1.807) is 11.8 Å².